The van der Waals surface area contributed by atoms with E-state index in [1.165, 1.54) is 0 Å². The fraction of sp³-hybridized carbons (Fsp3) is 0. The molecule has 0 amide bonds. The van der Waals surface area contributed by atoms with Gasteiger partial charge in [0.1, 0.15) is 0 Å². The Balaban J connectivity index is -0.00000000306. The Labute approximate surface area is 492 Å². The zero-order chi connectivity index (χ0) is 48.0. The molecule has 0 aromatic carbocycles. The SMILES string of the molecule is [CH2-]O.[CH2-]O.[CH2-]O.[CH2-]O.[CH2-]O.[CH2-]O.[CH2-]O.[CH2-]O.[CH2-]O.[CH2-]O.[CH2-]O.[CH2-]O.[CH2-]O.[CH2-]O.[CH2-]O.[CH2-]O.[CH2-]O.[CH2-]O.[CH2-]O.[CH2-]O.[CH2-]O.[CH2-]O.[CH2-]O.[CH2-]O.[CH3-].[Os+2].[Os+2].[Os+2].[Os+2].[Os+2].[Os].[Os].[Os].[Os].[Os]. The summed E-state index contributed by atoms with van der Waals surface area (Å²) in [6.07, 6.45) is 0. The first-order valence-corrected chi connectivity index (χ1v) is 7.59. The molecule has 24 nitrogen and oxygen atoms in total. The van der Waals surface area contributed by atoms with E-state index in [0.29, 0.717) is 0 Å². The van der Waals surface area contributed by atoms with Gasteiger partial charge in [-0.25, -0.2) is 171 Å². The van der Waals surface area contributed by atoms with Crippen molar-refractivity contribution in [2.45, 2.75) is 0 Å². The summed E-state index contributed by atoms with van der Waals surface area (Å²) in [4.78, 5) is 0. The minimum Gasteiger partial charge on any atom is -0.569 e. The van der Waals surface area contributed by atoms with Crippen molar-refractivity contribution >= 4 is 0 Å². The third-order valence-corrected chi connectivity index (χ3v) is 0. The first-order valence-electron chi connectivity index (χ1n) is 7.59. The molecule has 0 rings (SSSR count). The van der Waals surface area contributed by atoms with Gasteiger partial charge in [-0.15, -0.1) is 0 Å². The maximum absolute atomic E-state index is 6.75. The van der Waals surface area contributed by atoms with Crippen LogP contribution in [-0.4, -0.2) is 123 Å². The van der Waals surface area contributed by atoms with Gasteiger partial charge >= 0.3 is 99.0 Å². The Hall–Kier alpha value is 5.40. The van der Waals surface area contributed by atoms with Crippen molar-refractivity contribution in [3.05, 3.63) is 178 Å². The fourth-order valence-corrected chi connectivity index (χ4v) is 0. The van der Waals surface area contributed by atoms with Crippen LogP contribution >= 0.6 is 0 Å². The topological polar surface area (TPSA) is 486 Å². The van der Waals surface area contributed by atoms with E-state index in [-0.39, 0.29) is 205 Å². The molecule has 0 bridgehead atoms. The summed E-state index contributed by atoms with van der Waals surface area (Å²) < 4.78 is 0. The smallest absolute Gasteiger partial charge is 0.569 e. The van der Waals surface area contributed by atoms with Crippen LogP contribution in [-0.2, 0) is 198 Å². The quantitative estimate of drug-likeness (QED) is 0.152. The largest absolute Gasteiger partial charge is 2.00 e. The van der Waals surface area contributed by atoms with E-state index in [9.17, 15) is 0 Å². The van der Waals surface area contributed by atoms with Crippen LogP contribution in [0.5, 0.6) is 0 Å². The Kier molecular flexibility index (Phi) is 42900. The van der Waals surface area contributed by atoms with Crippen molar-refractivity contribution in [3.63, 3.8) is 0 Å². The van der Waals surface area contributed by atoms with Gasteiger partial charge in [0, 0.05) is 99.0 Å². The molecule has 59 heavy (non-hydrogen) atoms. The van der Waals surface area contributed by atoms with Gasteiger partial charge in [0.15, 0.2) is 0 Å². The molecule has 0 aliphatic heterocycles. The van der Waals surface area contributed by atoms with Crippen LogP contribution in [0, 0.1) is 178 Å². The molecule has 0 unspecified atom stereocenters. The normalized spacial score (nSPS) is 2.44. The second-order valence-electron chi connectivity index (χ2n) is 0. The van der Waals surface area contributed by atoms with E-state index >= 15 is 0 Å². The molecule has 0 aliphatic carbocycles. The summed E-state index contributed by atoms with van der Waals surface area (Å²) in [5.41, 5.74) is 0. The predicted octanol–water partition coefficient (Wildman–Crippen LogP) is 4.04. The maximum Gasteiger partial charge on any atom is 2.00 e. The molecular formula is C25H75O24Os10-15. The first-order chi connectivity index (χ1) is 24.0. The number of aliphatic hydroxyl groups excluding tert-OH is 24. The Morgan fingerprint density at radius 1 is 0.102 bits per heavy atom. The van der Waals surface area contributed by atoms with Crippen molar-refractivity contribution in [2.24, 2.45) is 0 Å². The maximum atomic E-state index is 6.75. The summed E-state index contributed by atoms with van der Waals surface area (Å²) >= 11 is 0. The van der Waals surface area contributed by atoms with Gasteiger partial charge < -0.3 is 130 Å². The number of hydrogen-bond donors (Lipinski definition) is 24. The zero-order valence-electron chi connectivity index (χ0n) is 32.2. The fourth-order valence-electron chi connectivity index (χ4n) is 0. The third kappa shape index (κ3) is 8190. The summed E-state index contributed by atoms with van der Waals surface area (Å²) in [5, 5.41) is 162. The van der Waals surface area contributed by atoms with E-state index in [1.54, 1.807) is 0 Å². The molecule has 0 spiro atoms. The van der Waals surface area contributed by atoms with E-state index in [0.717, 1.165) is 0 Å². The molecular weight excluding hydrogens is 2590 g/mol. The van der Waals surface area contributed by atoms with Gasteiger partial charge in [-0.05, 0) is 0 Å². The van der Waals surface area contributed by atoms with E-state index in [4.69, 9.17) is 123 Å². The van der Waals surface area contributed by atoms with E-state index in [1.807, 2.05) is 0 Å². The number of aliphatic hydroxyl groups is 24. The Morgan fingerprint density at radius 2 is 0.102 bits per heavy atom. The Bertz CT molecular complexity index is 87.7. The summed E-state index contributed by atoms with van der Waals surface area (Å²) in [6, 6.07) is 0. The monoisotopic (exact) mass is 2680 g/mol. The van der Waals surface area contributed by atoms with E-state index in [2.05, 4.69) is 171 Å². The minimum atomic E-state index is 0. The molecule has 0 aromatic heterocycles. The number of rotatable bonds is 0. The van der Waals surface area contributed by atoms with Crippen LogP contribution in [0.2, 0.25) is 0 Å². The standard InChI is InChI=1S/24CH3O.CH3.10Os/c24*1-2;;;;;;;;;;;/h24*2H,1H2;1H3;;;;;;;;;;/q25*-1;;;;;;5*+2. The van der Waals surface area contributed by atoms with Gasteiger partial charge in [0.2, 0.25) is 0 Å². The molecule has 0 aliphatic rings. The van der Waals surface area contributed by atoms with Crippen molar-refractivity contribution in [1.82, 2.24) is 0 Å². The molecule has 0 aromatic rings. The molecule has 0 atom stereocenters. The third-order valence-electron chi connectivity index (χ3n) is 0. The van der Waals surface area contributed by atoms with Crippen LogP contribution in [0.1, 0.15) is 0 Å². The summed E-state index contributed by atoms with van der Waals surface area (Å²) in [6.45, 7) is 0. The number of hydrogen-bond acceptors (Lipinski definition) is 24. The molecule has 0 saturated carbocycles. The summed E-state index contributed by atoms with van der Waals surface area (Å²) in [7, 11) is 54.0. The molecule has 0 heterocycles. The minimum absolute atomic E-state index is 0. The predicted molar refractivity (Wildman–Crippen MR) is 181 cm³/mol. The van der Waals surface area contributed by atoms with Crippen LogP contribution in [0.25, 0.3) is 0 Å². The van der Waals surface area contributed by atoms with Gasteiger partial charge in [0.05, 0.1) is 0 Å². The van der Waals surface area contributed by atoms with Gasteiger partial charge in [-0.3, -0.25) is 0 Å². The average Bonchev–Trinajstić information content (AvgIpc) is 3.34. The molecule has 24 N–H and O–H groups in total. The van der Waals surface area contributed by atoms with Crippen LogP contribution < -0.4 is 0 Å². The van der Waals surface area contributed by atoms with Crippen molar-refractivity contribution < 1.29 is 320 Å². The molecule has 0 radical (unpaired) electrons. The van der Waals surface area contributed by atoms with Crippen molar-refractivity contribution in [1.29, 1.82) is 0 Å². The van der Waals surface area contributed by atoms with Gasteiger partial charge in [-0.1, -0.05) is 0 Å². The second-order valence-corrected chi connectivity index (χ2v) is 0. The first kappa shape index (κ1) is 299. The van der Waals surface area contributed by atoms with Gasteiger partial charge in [0.25, 0.3) is 0 Å². The molecule has 0 saturated heterocycles. The van der Waals surface area contributed by atoms with E-state index < -0.39 is 0 Å². The van der Waals surface area contributed by atoms with Crippen LogP contribution in [0.15, 0.2) is 0 Å². The average molecular weight is 2660 g/mol. The van der Waals surface area contributed by atoms with Gasteiger partial charge in [-0.2, -0.15) is 0 Å². The molecule has 34 heteroatoms. The zero-order valence-corrected chi connectivity index (χ0v) is 57.6. The van der Waals surface area contributed by atoms with Crippen LogP contribution in [0.3, 0.4) is 0 Å². The Morgan fingerprint density at radius 3 is 0.102 bits per heavy atom. The van der Waals surface area contributed by atoms with Crippen LogP contribution in [0.4, 0.5) is 0 Å². The summed E-state index contributed by atoms with van der Waals surface area (Å²) in [5.74, 6) is 0. The molecule has 414 valence electrons. The van der Waals surface area contributed by atoms with Crippen molar-refractivity contribution in [2.75, 3.05) is 0 Å². The molecule has 0 fully saturated rings. The second kappa shape index (κ2) is 8460. The van der Waals surface area contributed by atoms with Crippen molar-refractivity contribution in [3.8, 4) is 0 Å².